The van der Waals surface area contributed by atoms with Crippen LogP contribution in [0, 0.1) is 10.1 Å². The molecule has 1 saturated carbocycles. The van der Waals surface area contributed by atoms with Gasteiger partial charge in [0.2, 0.25) is 5.91 Å². The van der Waals surface area contributed by atoms with Gasteiger partial charge in [0.1, 0.15) is 0 Å². The Bertz CT molecular complexity index is 525. The molecule has 1 aromatic carbocycles. The van der Waals surface area contributed by atoms with E-state index < -0.39 is 4.92 Å². The summed E-state index contributed by atoms with van der Waals surface area (Å²) in [6, 6.07) is 5.25. The summed E-state index contributed by atoms with van der Waals surface area (Å²) >= 11 is 0. The van der Waals surface area contributed by atoms with Crippen LogP contribution in [0.15, 0.2) is 18.2 Å². The minimum absolute atomic E-state index is 0.0547. The molecule has 0 atom stereocenters. The van der Waals surface area contributed by atoms with Gasteiger partial charge in [-0.25, -0.2) is 0 Å². The van der Waals surface area contributed by atoms with Gasteiger partial charge in [0.05, 0.1) is 11.5 Å². The summed E-state index contributed by atoms with van der Waals surface area (Å²) < 4.78 is 0. The molecule has 2 rings (SSSR count). The molecule has 0 spiro atoms. The Balaban J connectivity index is 1.93. The van der Waals surface area contributed by atoms with E-state index >= 15 is 0 Å². The Hall–Kier alpha value is -1.95. The zero-order valence-electron chi connectivity index (χ0n) is 12.2. The molecule has 0 aromatic heterocycles. The van der Waals surface area contributed by atoms with Gasteiger partial charge in [-0.2, -0.15) is 0 Å². The molecule has 114 valence electrons. The Labute approximate surface area is 124 Å². The van der Waals surface area contributed by atoms with Crippen molar-refractivity contribution in [2.45, 2.75) is 45.1 Å². The van der Waals surface area contributed by atoms with Crippen LogP contribution in [0.25, 0.3) is 0 Å². The Kier molecular flexibility index (Phi) is 5.27. The van der Waals surface area contributed by atoms with E-state index in [2.05, 4.69) is 10.6 Å². The SMILES string of the molecule is CCc1ccc(NC(=O)CNC2CCCC2)cc1[N+](=O)[O-]. The molecule has 0 aliphatic heterocycles. The second kappa shape index (κ2) is 7.17. The normalized spacial score (nSPS) is 15.1. The number of rotatable bonds is 6. The molecule has 1 aromatic rings. The van der Waals surface area contributed by atoms with Crippen LogP contribution in [0.2, 0.25) is 0 Å². The van der Waals surface area contributed by atoms with Crippen molar-refractivity contribution < 1.29 is 9.72 Å². The highest BCUT2D eigenvalue weighted by atomic mass is 16.6. The number of anilines is 1. The maximum Gasteiger partial charge on any atom is 0.274 e. The molecule has 21 heavy (non-hydrogen) atoms. The lowest BCUT2D eigenvalue weighted by Crippen LogP contribution is -2.34. The van der Waals surface area contributed by atoms with Crippen LogP contribution in [0.3, 0.4) is 0 Å². The molecule has 0 radical (unpaired) electrons. The quantitative estimate of drug-likeness (QED) is 0.623. The summed E-state index contributed by atoms with van der Waals surface area (Å²) in [6.45, 7) is 2.11. The minimum atomic E-state index is -0.411. The van der Waals surface area contributed by atoms with Gasteiger partial charge >= 0.3 is 0 Å². The van der Waals surface area contributed by atoms with Gasteiger partial charge in [-0.15, -0.1) is 0 Å². The molecule has 0 saturated heterocycles. The molecule has 0 heterocycles. The summed E-state index contributed by atoms with van der Waals surface area (Å²) in [7, 11) is 0. The fraction of sp³-hybridized carbons (Fsp3) is 0.533. The predicted molar refractivity (Wildman–Crippen MR) is 81.4 cm³/mol. The lowest BCUT2D eigenvalue weighted by Gasteiger charge is -2.12. The predicted octanol–water partition coefficient (Wildman–Crippen LogP) is 2.63. The van der Waals surface area contributed by atoms with Gasteiger partial charge in [-0.1, -0.05) is 25.8 Å². The number of aryl methyl sites for hydroxylation is 1. The molecule has 0 unspecified atom stereocenters. The first kappa shape index (κ1) is 15.4. The van der Waals surface area contributed by atoms with Crippen LogP contribution < -0.4 is 10.6 Å². The van der Waals surface area contributed by atoms with Gasteiger partial charge in [0.25, 0.3) is 5.69 Å². The average Bonchev–Trinajstić information content (AvgIpc) is 2.98. The van der Waals surface area contributed by atoms with Crippen molar-refractivity contribution in [1.29, 1.82) is 0 Å². The van der Waals surface area contributed by atoms with Gasteiger partial charge in [0, 0.05) is 23.4 Å². The fourth-order valence-electron chi connectivity index (χ4n) is 2.68. The van der Waals surface area contributed by atoms with Gasteiger partial charge in [0.15, 0.2) is 0 Å². The van der Waals surface area contributed by atoms with E-state index in [1.807, 2.05) is 6.92 Å². The van der Waals surface area contributed by atoms with E-state index in [9.17, 15) is 14.9 Å². The zero-order chi connectivity index (χ0) is 15.2. The summed E-state index contributed by atoms with van der Waals surface area (Å²) in [4.78, 5) is 22.4. The molecular formula is C15H21N3O3. The van der Waals surface area contributed by atoms with Crippen molar-refractivity contribution in [2.75, 3.05) is 11.9 Å². The van der Waals surface area contributed by atoms with Crippen molar-refractivity contribution >= 4 is 17.3 Å². The maximum absolute atomic E-state index is 11.9. The number of amides is 1. The number of nitrogens with zero attached hydrogens (tertiary/aromatic N) is 1. The molecular weight excluding hydrogens is 270 g/mol. The van der Waals surface area contributed by atoms with Crippen molar-refractivity contribution in [3.63, 3.8) is 0 Å². The third kappa shape index (κ3) is 4.26. The van der Waals surface area contributed by atoms with Crippen LogP contribution in [-0.2, 0) is 11.2 Å². The average molecular weight is 291 g/mol. The van der Waals surface area contributed by atoms with Crippen molar-refractivity contribution in [3.8, 4) is 0 Å². The number of nitro benzene ring substituents is 1. The summed E-state index contributed by atoms with van der Waals surface area (Å²) in [6.07, 6.45) is 5.25. The second-order valence-corrected chi connectivity index (χ2v) is 5.36. The van der Waals surface area contributed by atoms with Gasteiger partial charge in [-0.3, -0.25) is 14.9 Å². The van der Waals surface area contributed by atoms with Crippen molar-refractivity contribution in [2.24, 2.45) is 0 Å². The zero-order valence-corrected chi connectivity index (χ0v) is 12.2. The molecule has 6 heteroatoms. The maximum atomic E-state index is 11.9. The molecule has 0 bridgehead atoms. The minimum Gasteiger partial charge on any atom is -0.325 e. The van der Waals surface area contributed by atoms with Gasteiger partial charge < -0.3 is 10.6 Å². The van der Waals surface area contributed by atoms with E-state index in [1.165, 1.54) is 18.9 Å². The van der Waals surface area contributed by atoms with Crippen molar-refractivity contribution in [1.82, 2.24) is 5.32 Å². The Morgan fingerprint density at radius 3 is 2.71 bits per heavy atom. The molecule has 2 N–H and O–H groups in total. The number of nitrogens with one attached hydrogen (secondary N) is 2. The molecule has 6 nitrogen and oxygen atoms in total. The summed E-state index contributed by atoms with van der Waals surface area (Å²) in [5, 5.41) is 16.9. The first-order valence-corrected chi connectivity index (χ1v) is 7.40. The van der Waals surface area contributed by atoms with E-state index in [-0.39, 0.29) is 18.1 Å². The van der Waals surface area contributed by atoms with Crippen molar-refractivity contribution in [3.05, 3.63) is 33.9 Å². The summed E-state index contributed by atoms with van der Waals surface area (Å²) in [5.41, 5.74) is 1.19. The molecule has 1 aliphatic rings. The lowest BCUT2D eigenvalue weighted by molar-refractivity contribution is -0.385. The highest BCUT2D eigenvalue weighted by Gasteiger charge is 2.16. The first-order valence-electron chi connectivity index (χ1n) is 7.40. The first-order chi connectivity index (χ1) is 10.1. The van der Waals surface area contributed by atoms with Crippen LogP contribution in [-0.4, -0.2) is 23.4 Å². The number of hydrogen-bond donors (Lipinski definition) is 2. The topological polar surface area (TPSA) is 84.3 Å². The Morgan fingerprint density at radius 2 is 2.10 bits per heavy atom. The third-order valence-electron chi connectivity index (χ3n) is 3.85. The lowest BCUT2D eigenvalue weighted by atomic mass is 10.1. The largest absolute Gasteiger partial charge is 0.325 e. The molecule has 1 aliphatic carbocycles. The standard InChI is InChI=1S/C15H21N3O3/c1-2-11-7-8-13(9-14(11)18(20)21)17-15(19)10-16-12-5-3-4-6-12/h7-9,12,16H,2-6,10H2,1H3,(H,17,19). The number of hydrogen-bond acceptors (Lipinski definition) is 4. The van der Waals surface area contributed by atoms with Crippen LogP contribution >= 0.6 is 0 Å². The third-order valence-corrected chi connectivity index (χ3v) is 3.85. The fourth-order valence-corrected chi connectivity index (χ4v) is 2.68. The number of carbonyl (C=O) groups is 1. The highest BCUT2D eigenvalue weighted by Crippen LogP contribution is 2.23. The second-order valence-electron chi connectivity index (χ2n) is 5.36. The van der Waals surface area contributed by atoms with Crippen LogP contribution in [0.4, 0.5) is 11.4 Å². The summed E-state index contributed by atoms with van der Waals surface area (Å²) in [5.74, 6) is -0.166. The van der Waals surface area contributed by atoms with E-state index in [0.717, 1.165) is 12.8 Å². The monoisotopic (exact) mass is 291 g/mol. The number of nitro groups is 1. The van der Waals surface area contributed by atoms with E-state index in [0.29, 0.717) is 23.7 Å². The van der Waals surface area contributed by atoms with E-state index in [4.69, 9.17) is 0 Å². The highest BCUT2D eigenvalue weighted by molar-refractivity contribution is 5.92. The van der Waals surface area contributed by atoms with E-state index in [1.54, 1.807) is 12.1 Å². The Morgan fingerprint density at radius 1 is 1.38 bits per heavy atom. The smallest absolute Gasteiger partial charge is 0.274 e. The van der Waals surface area contributed by atoms with Crippen LogP contribution in [0.1, 0.15) is 38.2 Å². The number of carbonyl (C=O) groups excluding carboxylic acids is 1. The molecule has 1 amide bonds. The molecule has 1 fully saturated rings. The number of benzene rings is 1. The van der Waals surface area contributed by atoms with Gasteiger partial charge in [-0.05, 0) is 25.3 Å². The van der Waals surface area contributed by atoms with Crippen LogP contribution in [0.5, 0.6) is 0 Å².